The molecule has 0 saturated carbocycles. The third-order valence-electron chi connectivity index (χ3n) is 2.55. The lowest BCUT2D eigenvalue weighted by Gasteiger charge is -1.98. The van der Waals surface area contributed by atoms with Crippen molar-refractivity contribution in [1.82, 2.24) is 4.98 Å². The average molecular weight is 293 g/mol. The van der Waals surface area contributed by atoms with Crippen molar-refractivity contribution in [2.45, 2.75) is 19.1 Å². The molecule has 1 aromatic heterocycles. The maximum Gasteiger partial charge on any atom is 0.335 e. The van der Waals surface area contributed by atoms with E-state index in [0.717, 1.165) is 27.8 Å². The number of thiazole rings is 1. The van der Waals surface area contributed by atoms with E-state index < -0.39 is 5.97 Å². The molecule has 2 aromatic rings. The second-order valence-electron chi connectivity index (χ2n) is 4.06. The molecule has 1 aromatic carbocycles. The van der Waals surface area contributed by atoms with E-state index in [2.05, 4.69) is 11.9 Å². The lowest BCUT2D eigenvalue weighted by Crippen LogP contribution is -1.95. The van der Waals surface area contributed by atoms with Gasteiger partial charge in [-0.05, 0) is 24.3 Å². The van der Waals surface area contributed by atoms with Gasteiger partial charge in [-0.2, -0.15) is 11.8 Å². The number of benzene rings is 1. The van der Waals surface area contributed by atoms with E-state index in [1.807, 2.05) is 29.3 Å². The molecular formula is C14H15NO2S2. The summed E-state index contributed by atoms with van der Waals surface area (Å²) in [5, 5.41) is 12.0. The summed E-state index contributed by atoms with van der Waals surface area (Å²) in [5.74, 6) is 1.20. The number of carboxylic acid groups (broad SMARTS) is 1. The number of carbonyl (C=O) groups is 1. The summed E-state index contributed by atoms with van der Waals surface area (Å²) >= 11 is 3.55. The minimum atomic E-state index is -0.901. The highest BCUT2D eigenvalue weighted by Crippen LogP contribution is 2.24. The van der Waals surface area contributed by atoms with E-state index in [1.165, 1.54) is 6.42 Å². The molecule has 100 valence electrons. The number of hydrogen-bond donors (Lipinski definition) is 1. The lowest BCUT2D eigenvalue weighted by atomic mass is 10.1. The molecule has 0 unspecified atom stereocenters. The van der Waals surface area contributed by atoms with Crippen LogP contribution in [0.25, 0.3) is 11.3 Å². The van der Waals surface area contributed by atoms with Crippen molar-refractivity contribution in [3.05, 3.63) is 40.2 Å². The second kappa shape index (κ2) is 6.73. The topological polar surface area (TPSA) is 50.2 Å². The van der Waals surface area contributed by atoms with Crippen LogP contribution in [-0.4, -0.2) is 21.8 Å². The number of aromatic carboxylic acids is 1. The number of nitrogens with zero attached hydrogens (tertiary/aromatic N) is 1. The Bertz CT molecular complexity index is 549. The highest BCUT2D eigenvalue weighted by atomic mass is 32.2. The Kier molecular flexibility index (Phi) is 4.99. The SMILES string of the molecule is CCCSCc1nc(-c2ccc(C(=O)O)cc2)cs1. The first kappa shape index (κ1) is 14.1. The quantitative estimate of drug-likeness (QED) is 0.813. The van der Waals surface area contributed by atoms with Gasteiger partial charge in [0.1, 0.15) is 5.01 Å². The van der Waals surface area contributed by atoms with Crippen LogP contribution in [0.4, 0.5) is 0 Å². The van der Waals surface area contributed by atoms with Gasteiger partial charge in [-0.1, -0.05) is 19.1 Å². The highest BCUT2D eigenvalue weighted by Gasteiger charge is 2.06. The van der Waals surface area contributed by atoms with Crippen LogP contribution in [0, 0.1) is 0 Å². The van der Waals surface area contributed by atoms with E-state index in [4.69, 9.17) is 5.11 Å². The van der Waals surface area contributed by atoms with Gasteiger partial charge in [0.15, 0.2) is 0 Å². The minimum Gasteiger partial charge on any atom is -0.478 e. The fourth-order valence-electron chi connectivity index (χ4n) is 1.60. The summed E-state index contributed by atoms with van der Waals surface area (Å²) in [4.78, 5) is 15.4. The second-order valence-corrected chi connectivity index (χ2v) is 6.11. The summed E-state index contributed by atoms with van der Waals surface area (Å²) in [6.07, 6.45) is 1.18. The standard InChI is InChI=1S/C14H15NO2S2/c1-2-7-18-9-13-15-12(8-19-13)10-3-5-11(6-4-10)14(16)17/h3-6,8H,2,7,9H2,1H3,(H,16,17). The predicted octanol–water partition coefficient (Wildman–Crippen LogP) is 4.15. The number of hydrogen-bond acceptors (Lipinski definition) is 4. The molecule has 1 N–H and O–H groups in total. The number of aromatic nitrogens is 1. The molecule has 0 aliphatic rings. The van der Waals surface area contributed by atoms with Gasteiger partial charge in [-0.15, -0.1) is 11.3 Å². The molecule has 5 heteroatoms. The Labute approximate surface area is 120 Å². The van der Waals surface area contributed by atoms with Crippen LogP contribution < -0.4 is 0 Å². The Balaban J connectivity index is 2.07. The molecule has 0 atom stereocenters. The molecule has 2 rings (SSSR count). The molecule has 0 spiro atoms. The van der Waals surface area contributed by atoms with Crippen LogP contribution in [0.5, 0.6) is 0 Å². The zero-order valence-electron chi connectivity index (χ0n) is 10.6. The molecule has 0 aliphatic carbocycles. The summed E-state index contributed by atoms with van der Waals surface area (Å²) in [6, 6.07) is 6.84. The van der Waals surface area contributed by atoms with Gasteiger partial charge in [-0.25, -0.2) is 9.78 Å². The predicted molar refractivity (Wildman–Crippen MR) is 81.0 cm³/mol. The number of rotatable bonds is 6. The van der Waals surface area contributed by atoms with Crippen molar-refractivity contribution in [2.75, 3.05) is 5.75 Å². The first-order valence-electron chi connectivity index (χ1n) is 6.06. The van der Waals surface area contributed by atoms with Crippen molar-refractivity contribution in [1.29, 1.82) is 0 Å². The van der Waals surface area contributed by atoms with Crippen molar-refractivity contribution in [3.63, 3.8) is 0 Å². The Hall–Kier alpha value is -1.33. The third kappa shape index (κ3) is 3.81. The Morgan fingerprint density at radius 1 is 1.37 bits per heavy atom. The van der Waals surface area contributed by atoms with E-state index in [-0.39, 0.29) is 0 Å². The molecule has 0 radical (unpaired) electrons. The molecule has 3 nitrogen and oxygen atoms in total. The van der Waals surface area contributed by atoms with Gasteiger partial charge in [0.25, 0.3) is 0 Å². The van der Waals surface area contributed by atoms with Gasteiger partial charge in [0.2, 0.25) is 0 Å². The zero-order chi connectivity index (χ0) is 13.7. The van der Waals surface area contributed by atoms with Crippen molar-refractivity contribution < 1.29 is 9.90 Å². The summed E-state index contributed by atoms with van der Waals surface area (Å²) < 4.78 is 0. The van der Waals surface area contributed by atoms with E-state index in [1.54, 1.807) is 23.5 Å². The summed E-state index contributed by atoms with van der Waals surface area (Å²) in [7, 11) is 0. The van der Waals surface area contributed by atoms with Gasteiger partial charge in [-0.3, -0.25) is 0 Å². The van der Waals surface area contributed by atoms with E-state index >= 15 is 0 Å². The van der Waals surface area contributed by atoms with Crippen molar-refractivity contribution in [2.24, 2.45) is 0 Å². The summed E-state index contributed by atoms with van der Waals surface area (Å²) in [6.45, 7) is 2.17. The lowest BCUT2D eigenvalue weighted by molar-refractivity contribution is 0.0697. The number of carboxylic acids is 1. The fourth-order valence-corrected chi connectivity index (χ4v) is 3.38. The molecule has 19 heavy (non-hydrogen) atoms. The molecule has 0 bridgehead atoms. The minimum absolute atomic E-state index is 0.303. The molecule has 0 amide bonds. The Morgan fingerprint density at radius 3 is 2.74 bits per heavy atom. The third-order valence-corrected chi connectivity index (χ3v) is 4.76. The Morgan fingerprint density at radius 2 is 2.11 bits per heavy atom. The normalized spacial score (nSPS) is 10.6. The van der Waals surface area contributed by atoms with Gasteiger partial charge >= 0.3 is 5.97 Å². The maximum absolute atomic E-state index is 10.8. The van der Waals surface area contributed by atoms with Crippen LogP contribution in [0.3, 0.4) is 0 Å². The molecule has 1 heterocycles. The number of thioether (sulfide) groups is 1. The van der Waals surface area contributed by atoms with Crippen LogP contribution in [0.1, 0.15) is 28.7 Å². The van der Waals surface area contributed by atoms with Crippen LogP contribution >= 0.6 is 23.1 Å². The van der Waals surface area contributed by atoms with Crippen molar-refractivity contribution >= 4 is 29.1 Å². The smallest absolute Gasteiger partial charge is 0.335 e. The fraction of sp³-hybridized carbons (Fsp3) is 0.286. The first-order chi connectivity index (χ1) is 9.20. The average Bonchev–Trinajstić information content (AvgIpc) is 2.88. The van der Waals surface area contributed by atoms with Gasteiger partial charge < -0.3 is 5.11 Å². The molecule has 0 aliphatic heterocycles. The highest BCUT2D eigenvalue weighted by molar-refractivity contribution is 7.98. The monoisotopic (exact) mass is 293 g/mol. The van der Waals surface area contributed by atoms with Crippen molar-refractivity contribution in [3.8, 4) is 11.3 Å². The van der Waals surface area contributed by atoms with Crippen LogP contribution in [-0.2, 0) is 5.75 Å². The zero-order valence-corrected chi connectivity index (χ0v) is 12.3. The maximum atomic E-state index is 10.8. The summed E-state index contributed by atoms with van der Waals surface area (Å²) in [5.41, 5.74) is 2.19. The van der Waals surface area contributed by atoms with Crippen LogP contribution in [0.15, 0.2) is 29.6 Å². The van der Waals surface area contributed by atoms with E-state index in [0.29, 0.717) is 5.56 Å². The van der Waals surface area contributed by atoms with Gasteiger partial charge in [0.05, 0.1) is 11.3 Å². The van der Waals surface area contributed by atoms with Crippen LogP contribution in [0.2, 0.25) is 0 Å². The largest absolute Gasteiger partial charge is 0.478 e. The van der Waals surface area contributed by atoms with E-state index in [9.17, 15) is 4.79 Å². The molecule has 0 saturated heterocycles. The van der Waals surface area contributed by atoms with Gasteiger partial charge in [0, 0.05) is 16.7 Å². The molecular weight excluding hydrogens is 278 g/mol. The first-order valence-corrected chi connectivity index (χ1v) is 8.10. The molecule has 0 fully saturated rings.